The molecule has 0 radical (unpaired) electrons. The van der Waals surface area contributed by atoms with Gasteiger partial charge < -0.3 is 15.2 Å². The highest BCUT2D eigenvalue weighted by Gasteiger charge is 2.24. The third kappa shape index (κ3) is 4.99. The highest BCUT2D eigenvalue weighted by atomic mass is 16.5. The Labute approximate surface area is 128 Å². The summed E-state index contributed by atoms with van der Waals surface area (Å²) in [6.45, 7) is 8.20. The van der Waals surface area contributed by atoms with Gasteiger partial charge in [-0.3, -0.25) is 4.90 Å². The summed E-state index contributed by atoms with van der Waals surface area (Å²) < 4.78 is 5.82. The number of ether oxygens (including phenoxy) is 1. The van der Waals surface area contributed by atoms with Gasteiger partial charge in [0.15, 0.2) is 0 Å². The predicted octanol–water partition coefficient (Wildman–Crippen LogP) is 1.81. The summed E-state index contributed by atoms with van der Waals surface area (Å²) in [7, 11) is 0. The SMILES string of the molecule is Cc1ccccc1OCCCCN1CC(C)NCC1CO. The molecule has 0 saturated carbocycles. The van der Waals surface area contributed by atoms with Crippen molar-refractivity contribution in [1.29, 1.82) is 0 Å². The van der Waals surface area contributed by atoms with Gasteiger partial charge in [-0.25, -0.2) is 0 Å². The smallest absolute Gasteiger partial charge is 0.122 e. The van der Waals surface area contributed by atoms with Gasteiger partial charge in [0.05, 0.1) is 13.2 Å². The maximum atomic E-state index is 9.42. The first-order chi connectivity index (χ1) is 10.2. The minimum atomic E-state index is 0.236. The molecule has 1 aliphatic rings. The van der Waals surface area contributed by atoms with E-state index >= 15 is 0 Å². The highest BCUT2D eigenvalue weighted by molar-refractivity contribution is 5.31. The fraction of sp³-hybridized carbons (Fsp3) is 0.647. The number of unbranched alkanes of at least 4 members (excludes halogenated alkanes) is 1. The van der Waals surface area contributed by atoms with Crippen molar-refractivity contribution in [2.24, 2.45) is 0 Å². The molecule has 2 atom stereocenters. The van der Waals surface area contributed by atoms with E-state index in [1.54, 1.807) is 0 Å². The van der Waals surface area contributed by atoms with Crippen molar-refractivity contribution in [3.8, 4) is 5.75 Å². The first-order valence-corrected chi connectivity index (χ1v) is 7.97. The van der Waals surface area contributed by atoms with E-state index in [0.29, 0.717) is 6.04 Å². The molecule has 1 fully saturated rings. The maximum Gasteiger partial charge on any atom is 0.122 e. The summed E-state index contributed by atoms with van der Waals surface area (Å²) in [5.41, 5.74) is 1.19. The Morgan fingerprint density at radius 2 is 2.14 bits per heavy atom. The van der Waals surface area contributed by atoms with Crippen LogP contribution in [-0.2, 0) is 0 Å². The van der Waals surface area contributed by atoms with E-state index in [1.165, 1.54) is 5.56 Å². The van der Waals surface area contributed by atoms with Gasteiger partial charge in [-0.15, -0.1) is 0 Å². The molecule has 4 heteroatoms. The number of piperazine rings is 1. The second kappa shape index (κ2) is 8.37. The first kappa shape index (κ1) is 16.3. The number of nitrogens with zero attached hydrogens (tertiary/aromatic N) is 1. The van der Waals surface area contributed by atoms with Crippen molar-refractivity contribution in [3.63, 3.8) is 0 Å². The molecule has 0 spiro atoms. The molecular formula is C17H28N2O2. The summed E-state index contributed by atoms with van der Waals surface area (Å²) in [5, 5.41) is 12.8. The molecule has 0 bridgehead atoms. The molecule has 1 aromatic carbocycles. The Bertz CT molecular complexity index is 425. The standard InChI is InChI=1S/C17H28N2O2/c1-14-7-3-4-8-17(14)21-10-6-5-9-19-12-15(2)18-11-16(19)13-20/h3-4,7-8,15-16,18,20H,5-6,9-13H2,1-2H3. The van der Waals surface area contributed by atoms with E-state index in [4.69, 9.17) is 4.74 Å². The van der Waals surface area contributed by atoms with Crippen molar-refractivity contribution in [1.82, 2.24) is 10.2 Å². The molecule has 118 valence electrons. The second-order valence-corrected chi connectivity index (χ2v) is 5.96. The Kier molecular flexibility index (Phi) is 6.49. The molecule has 2 unspecified atom stereocenters. The van der Waals surface area contributed by atoms with Crippen LogP contribution in [0.2, 0.25) is 0 Å². The number of para-hydroxylation sites is 1. The minimum absolute atomic E-state index is 0.236. The van der Waals surface area contributed by atoms with Crippen LogP contribution in [0.15, 0.2) is 24.3 Å². The Morgan fingerprint density at radius 3 is 2.90 bits per heavy atom. The summed E-state index contributed by atoms with van der Waals surface area (Å²) >= 11 is 0. The third-order valence-corrected chi connectivity index (χ3v) is 4.13. The third-order valence-electron chi connectivity index (χ3n) is 4.13. The van der Waals surface area contributed by atoms with Gasteiger partial charge in [-0.2, -0.15) is 0 Å². The summed E-state index contributed by atoms with van der Waals surface area (Å²) in [5.74, 6) is 0.988. The van der Waals surface area contributed by atoms with Crippen LogP contribution in [-0.4, -0.2) is 54.9 Å². The van der Waals surface area contributed by atoms with E-state index in [-0.39, 0.29) is 12.6 Å². The lowest BCUT2D eigenvalue weighted by Gasteiger charge is -2.38. The summed E-state index contributed by atoms with van der Waals surface area (Å²) in [6.07, 6.45) is 2.15. The summed E-state index contributed by atoms with van der Waals surface area (Å²) in [6, 6.07) is 8.91. The molecule has 21 heavy (non-hydrogen) atoms. The number of hydrogen-bond donors (Lipinski definition) is 2. The molecule has 1 aromatic rings. The number of hydrogen-bond acceptors (Lipinski definition) is 4. The van der Waals surface area contributed by atoms with Crippen molar-refractivity contribution in [3.05, 3.63) is 29.8 Å². The highest BCUT2D eigenvalue weighted by Crippen LogP contribution is 2.16. The molecule has 0 amide bonds. The van der Waals surface area contributed by atoms with Crippen LogP contribution in [0.25, 0.3) is 0 Å². The molecule has 4 nitrogen and oxygen atoms in total. The fourth-order valence-corrected chi connectivity index (χ4v) is 2.80. The average molecular weight is 292 g/mol. The quantitative estimate of drug-likeness (QED) is 0.752. The van der Waals surface area contributed by atoms with Gasteiger partial charge in [-0.1, -0.05) is 18.2 Å². The van der Waals surface area contributed by atoms with Crippen molar-refractivity contribution < 1.29 is 9.84 Å². The molecule has 2 N–H and O–H groups in total. The summed E-state index contributed by atoms with van der Waals surface area (Å²) in [4.78, 5) is 2.40. The Morgan fingerprint density at radius 1 is 1.33 bits per heavy atom. The second-order valence-electron chi connectivity index (χ2n) is 5.96. The number of aliphatic hydroxyl groups excluding tert-OH is 1. The van der Waals surface area contributed by atoms with Gasteiger partial charge in [0.1, 0.15) is 5.75 Å². The Hall–Kier alpha value is -1.10. The molecule has 1 saturated heterocycles. The zero-order valence-electron chi connectivity index (χ0n) is 13.2. The van der Waals surface area contributed by atoms with Gasteiger partial charge in [0.2, 0.25) is 0 Å². The zero-order valence-corrected chi connectivity index (χ0v) is 13.2. The Balaban J connectivity index is 1.66. The normalized spacial score (nSPS) is 23.2. The largest absolute Gasteiger partial charge is 0.493 e. The van der Waals surface area contributed by atoms with E-state index in [2.05, 4.69) is 30.1 Å². The van der Waals surface area contributed by atoms with Gasteiger partial charge in [0, 0.05) is 25.2 Å². The minimum Gasteiger partial charge on any atom is -0.493 e. The topological polar surface area (TPSA) is 44.7 Å². The number of nitrogens with one attached hydrogen (secondary N) is 1. The monoisotopic (exact) mass is 292 g/mol. The van der Waals surface area contributed by atoms with Crippen LogP contribution in [0, 0.1) is 6.92 Å². The number of aliphatic hydroxyl groups is 1. The van der Waals surface area contributed by atoms with Gasteiger partial charge >= 0.3 is 0 Å². The lowest BCUT2D eigenvalue weighted by Crippen LogP contribution is -2.56. The number of rotatable bonds is 7. The lowest BCUT2D eigenvalue weighted by atomic mass is 10.1. The molecule has 1 heterocycles. The van der Waals surface area contributed by atoms with Crippen LogP contribution in [0.1, 0.15) is 25.3 Å². The maximum absolute atomic E-state index is 9.42. The molecular weight excluding hydrogens is 264 g/mol. The van der Waals surface area contributed by atoms with Crippen LogP contribution in [0.3, 0.4) is 0 Å². The lowest BCUT2D eigenvalue weighted by molar-refractivity contribution is 0.0816. The first-order valence-electron chi connectivity index (χ1n) is 7.97. The molecule has 2 rings (SSSR count). The van der Waals surface area contributed by atoms with Crippen molar-refractivity contribution in [2.75, 3.05) is 32.8 Å². The average Bonchev–Trinajstić information content (AvgIpc) is 2.49. The molecule has 0 aromatic heterocycles. The van der Waals surface area contributed by atoms with Crippen LogP contribution < -0.4 is 10.1 Å². The zero-order chi connectivity index (χ0) is 15.1. The predicted molar refractivity (Wildman–Crippen MR) is 85.8 cm³/mol. The fourth-order valence-electron chi connectivity index (χ4n) is 2.80. The van der Waals surface area contributed by atoms with Crippen molar-refractivity contribution >= 4 is 0 Å². The van der Waals surface area contributed by atoms with Gasteiger partial charge in [0.25, 0.3) is 0 Å². The van der Waals surface area contributed by atoms with Crippen molar-refractivity contribution in [2.45, 2.75) is 38.8 Å². The van der Waals surface area contributed by atoms with E-state index in [1.807, 2.05) is 18.2 Å². The number of aryl methyl sites for hydroxylation is 1. The number of benzene rings is 1. The van der Waals surface area contributed by atoms with E-state index in [0.717, 1.165) is 44.8 Å². The van der Waals surface area contributed by atoms with Crippen LogP contribution >= 0.6 is 0 Å². The van der Waals surface area contributed by atoms with Gasteiger partial charge in [-0.05, 0) is 44.9 Å². The molecule has 0 aliphatic carbocycles. The van der Waals surface area contributed by atoms with Crippen LogP contribution in [0.4, 0.5) is 0 Å². The van der Waals surface area contributed by atoms with E-state index in [9.17, 15) is 5.11 Å². The van der Waals surface area contributed by atoms with E-state index < -0.39 is 0 Å². The van der Waals surface area contributed by atoms with Crippen LogP contribution in [0.5, 0.6) is 5.75 Å². The molecule has 1 aliphatic heterocycles.